The summed E-state index contributed by atoms with van der Waals surface area (Å²) in [6, 6.07) is 1.49. The van der Waals surface area contributed by atoms with Crippen LogP contribution >= 0.6 is 11.8 Å². The molecule has 0 aromatic carbocycles. The van der Waals surface area contributed by atoms with E-state index in [2.05, 4.69) is 10.3 Å². The highest BCUT2D eigenvalue weighted by Crippen LogP contribution is 2.29. The third-order valence-electron chi connectivity index (χ3n) is 3.34. The average molecular weight is 306 g/mol. The summed E-state index contributed by atoms with van der Waals surface area (Å²) in [6.45, 7) is -0.0325. The van der Waals surface area contributed by atoms with Gasteiger partial charge in [-0.15, -0.1) is 0 Å². The molecule has 0 aliphatic carbocycles. The van der Waals surface area contributed by atoms with E-state index < -0.39 is 17.8 Å². The van der Waals surface area contributed by atoms with E-state index in [1.807, 2.05) is 0 Å². The van der Waals surface area contributed by atoms with Crippen molar-refractivity contribution in [2.24, 2.45) is 0 Å². The number of aromatic nitrogens is 1. The van der Waals surface area contributed by atoms with Gasteiger partial charge in [0.2, 0.25) is 0 Å². The first-order chi connectivity index (χ1) is 9.39. The predicted molar refractivity (Wildman–Crippen MR) is 72.7 cm³/mol. The Morgan fingerprint density at radius 1 is 1.40 bits per heavy atom. The summed E-state index contributed by atoms with van der Waals surface area (Å²) in [5.41, 5.74) is -0.450. The first-order valence-electron chi connectivity index (χ1n) is 6.38. The van der Waals surface area contributed by atoms with Crippen LogP contribution in [0.5, 0.6) is 0 Å². The van der Waals surface area contributed by atoms with Gasteiger partial charge in [0.15, 0.2) is 0 Å². The van der Waals surface area contributed by atoms with Gasteiger partial charge in [0, 0.05) is 24.7 Å². The van der Waals surface area contributed by atoms with E-state index in [4.69, 9.17) is 0 Å². The third kappa shape index (κ3) is 4.36. The average Bonchev–Trinajstić information content (AvgIpc) is 2.82. The number of nitrogens with one attached hydrogen (secondary N) is 1. The third-order valence-corrected chi connectivity index (χ3v) is 4.58. The van der Waals surface area contributed by atoms with E-state index in [0.717, 1.165) is 5.75 Å². The van der Waals surface area contributed by atoms with E-state index in [1.165, 1.54) is 12.4 Å². The molecule has 1 saturated heterocycles. The van der Waals surface area contributed by atoms with Crippen LogP contribution < -0.4 is 5.32 Å². The van der Waals surface area contributed by atoms with Crippen molar-refractivity contribution in [1.82, 2.24) is 10.3 Å². The van der Waals surface area contributed by atoms with E-state index in [9.17, 15) is 18.3 Å². The van der Waals surface area contributed by atoms with Crippen molar-refractivity contribution in [2.45, 2.75) is 30.7 Å². The molecular weight excluding hydrogens is 289 g/mol. The minimum absolute atomic E-state index is 0.0325. The van der Waals surface area contributed by atoms with Crippen molar-refractivity contribution in [3.63, 3.8) is 0 Å². The Balaban J connectivity index is 1.97. The second-order valence-electron chi connectivity index (χ2n) is 5.06. The summed E-state index contributed by atoms with van der Waals surface area (Å²) in [6.07, 6.45) is -1.01. The Morgan fingerprint density at radius 3 is 2.65 bits per heavy atom. The Morgan fingerprint density at radius 2 is 2.10 bits per heavy atom. The maximum absolute atomic E-state index is 13.0. The summed E-state index contributed by atoms with van der Waals surface area (Å²) >= 11 is 1.56. The second kappa shape index (κ2) is 6.32. The van der Waals surface area contributed by atoms with Crippen LogP contribution in [0.3, 0.4) is 0 Å². The molecule has 20 heavy (non-hydrogen) atoms. The summed E-state index contributed by atoms with van der Waals surface area (Å²) in [4.78, 5) is 3.79. The SMILES string of the molecule is OC1(CNC(Cc2ccncc2)C(F)(F)F)CCSC1. The summed E-state index contributed by atoms with van der Waals surface area (Å²) in [5, 5.41) is 12.6. The second-order valence-corrected chi connectivity index (χ2v) is 6.17. The molecule has 2 rings (SSSR count). The topological polar surface area (TPSA) is 45.1 Å². The van der Waals surface area contributed by atoms with Gasteiger partial charge in [-0.25, -0.2) is 0 Å². The number of aliphatic hydroxyl groups is 1. The van der Waals surface area contributed by atoms with Crippen molar-refractivity contribution < 1.29 is 18.3 Å². The number of pyridine rings is 1. The normalized spacial score (nSPS) is 24.8. The number of halogens is 3. The fourth-order valence-electron chi connectivity index (χ4n) is 2.11. The lowest BCUT2D eigenvalue weighted by Gasteiger charge is -2.27. The van der Waals surface area contributed by atoms with Gasteiger partial charge in [-0.3, -0.25) is 4.98 Å². The molecule has 1 fully saturated rings. The lowest BCUT2D eigenvalue weighted by atomic mass is 10.0. The van der Waals surface area contributed by atoms with E-state index in [0.29, 0.717) is 17.7 Å². The van der Waals surface area contributed by atoms with Crippen LogP contribution in [0.1, 0.15) is 12.0 Å². The quantitative estimate of drug-likeness (QED) is 0.873. The maximum Gasteiger partial charge on any atom is 0.404 e. The predicted octanol–water partition coefficient (Wildman–Crippen LogP) is 2.01. The first kappa shape index (κ1) is 15.6. The standard InChI is InChI=1S/C13H17F3N2OS/c14-13(15,16)11(7-10-1-4-17-5-2-10)18-8-12(19)3-6-20-9-12/h1-2,4-5,11,18-19H,3,6-9H2. The molecular formula is C13H17F3N2OS. The number of hydrogen-bond donors (Lipinski definition) is 2. The Bertz CT molecular complexity index is 421. The van der Waals surface area contributed by atoms with E-state index in [1.54, 1.807) is 23.9 Å². The van der Waals surface area contributed by atoms with Crippen LogP contribution in [-0.2, 0) is 6.42 Å². The first-order valence-corrected chi connectivity index (χ1v) is 7.54. The highest BCUT2D eigenvalue weighted by atomic mass is 32.2. The fourth-order valence-corrected chi connectivity index (χ4v) is 3.40. The van der Waals surface area contributed by atoms with Gasteiger partial charge in [-0.05, 0) is 36.3 Å². The Kier molecular flexibility index (Phi) is 4.93. The van der Waals surface area contributed by atoms with Crippen molar-refractivity contribution >= 4 is 11.8 Å². The van der Waals surface area contributed by atoms with Crippen LogP contribution in [0.15, 0.2) is 24.5 Å². The summed E-state index contributed by atoms with van der Waals surface area (Å²) in [7, 11) is 0. The zero-order valence-corrected chi connectivity index (χ0v) is 11.7. The number of nitrogens with zero attached hydrogens (tertiary/aromatic N) is 1. The number of alkyl halides is 3. The highest BCUT2D eigenvalue weighted by molar-refractivity contribution is 7.99. The van der Waals surface area contributed by atoms with Crippen molar-refractivity contribution in [3.8, 4) is 0 Å². The van der Waals surface area contributed by atoms with Gasteiger partial charge in [-0.1, -0.05) is 0 Å². The molecule has 112 valence electrons. The number of hydrogen-bond acceptors (Lipinski definition) is 4. The largest absolute Gasteiger partial charge is 0.404 e. The van der Waals surface area contributed by atoms with Crippen LogP contribution in [0.25, 0.3) is 0 Å². The molecule has 2 atom stereocenters. The molecule has 1 aliphatic rings. The summed E-state index contributed by atoms with van der Waals surface area (Å²) in [5.74, 6) is 1.28. The van der Waals surface area contributed by atoms with Crippen molar-refractivity contribution in [3.05, 3.63) is 30.1 Å². The molecule has 7 heteroatoms. The molecule has 3 nitrogen and oxygen atoms in total. The Hall–Kier alpha value is -0.790. The lowest BCUT2D eigenvalue weighted by molar-refractivity contribution is -0.157. The van der Waals surface area contributed by atoms with Gasteiger partial charge in [0.05, 0.1) is 5.60 Å². The smallest absolute Gasteiger partial charge is 0.388 e. The van der Waals surface area contributed by atoms with Crippen LogP contribution in [0, 0.1) is 0 Å². The molecule has 0 saturated carbocycles. The number of rotatable bonds is 5. The molecule has 0 spiro atoms. The molecule has 0 radical (unpaired) electrons. The summed E-state index contributed by atoms with van der Waals surface area (Å²) < 4.78 is 39.1. The lowest BCUT2D eigenvalue weighted by Crippen LogP contribution is -2.51. The van der Waals surface area contributed by atoms with Crippen molar-refractivity contribution in [1.29, 1.82) is 0 Å². The molecule has 2 heterocycles. The van der Waals surface area contributed by atoms with Gasteiger partial charge in [-0.2, -0.15) is 24.9 Å². The zero-order valence-electron chi connectivity index (χ0n) is 10.9. The monoisotopic (exact) mass is 306 g/mol. The minimum Gasteiger partial charge on any atom is -0.388 e. The minimum atomic E-state index is -4.34. The molecule has 0 amide bonds. The molecule has 1 aromatic heterocycles. The molecule has 2 unspecified atom stereocenters. The van der Waals surface area contributed by atoms with E-state index >= 15 is 0 Å². The van der Waals surface area contributed by atoms with E-state index in [-0.39, 0.29) is 13.0 Å². The molecule has 1 aliphatic heterocycles. The van der Waals surface area contributed by atoms with Gasteiger partial charge < -0.3 is 10.4 Å². The Labute approximate surface area is 120 Å². The maximum atomic E-state index is 13.0. The van der Waals surface area contributed by atoms with Crippen LogP contribution in [-0.4, -0.2) is 46.0 Å². The van der Waals surface area contributed by atoms with Crippen LogP contribution in [0.2, 0.25) is 0 Å². The van der Waals surface area contributed by atoms with Gasteiger partial charge in [0.25, 0.3) is 0 Å². The molecule has 1 aromatic rings. The van der Waals surface area contributed by atoms with Crippen molar-refractivity contribution in [2.75, 3.05) is 18.1 Å². The molecule has 2 N–H and O–H groups in total. The van der Waals surface area contributed by atoms with Gasteiger partial charge in [0.1, 0.15) is 6.04 Å². The zero-order chi connectivity index (χ0) is 14.6. The highest BCUT2D eigenvalue weighted by Gasteiger charge is 2.41. The fraction of sp³-hybridized carbons (Fsp3) is 0.615. The van der Waals surface area contributed by atoms with Crippen LogP contribution in [0.4, 0.5) is 13.2 Å². The van der Waals surface area contributed by atoms with Gasteiger partial charge >= 0.3 is 6.18 Å². The molecule has 0 bridgehead atoms. The number of thioether (sulfide) groups is 1.